The molecule has 3 aliphatic heterocycles. The summed E-state index contributed by atoms with van der Waals surface area (Å²) < 4.78 is 41.8. The third-order valence-corrected chi connectivity index (χ3v) is 10.8. The summed E-state index contributed by atoms with van der Waals surface area (Å²) in [6.07, 6.45) is -0.619. The molecule has 0 aliphatic carbocycles. The van der Waals surface area contributed by atoms with Crippen LogP contribution in [0.1, 0.15) is 84.4 Å². The van der Waals surface area contributed by atoms with Gasteiger partial charge in [0.1, 0.15) is 11.9 Å². The number of carbonyl (C=O) groups is 3. The Morgan fingerprint density at radius 2 is 1.67 bits per heavy atom. The average molecular weight is 779 g/mol. The van der Waals surface area contributed by atoms with Crippen LogP contribution in [0.2, 0.25) is 0 Å². The molecule has 3 aliphatic rings. The normalized spacial score (nSPS) is 17.7. The van der Waals surface area contributed by atoms with Gasteiger partial charge in [0.05, 0.1) is 23.0 Å². The van der Waals surface area contributed by atoms with Gasteiger partial charge in [-0.25, -0.2) is 13.2 Å². The Morgan fingerprint density at radius 1 is 0.912 bits per heavy atom. The van der Waals surface area contributed by atoms with Crippen LogP contribution in [-0.4, -0.2) is 74.9 Å². The predicted octanol–water partition coefficient (Wildman–Crippen LogP) is 7.36. The van der Waals surface area contributed by atoms with E-state index < -0.39 is 35.8 Å². The molecule has 2 atom stereocenters. The van der Waals surface area contributed by atoms with Gasteiger partial charge in [-0.05, 0) is 61.7 Å². The number of aromatic nitrogens is 3. The molecule has 5 heterocycles. The van der Waals surface area contributed by atoms with Crippen LogP contribution in [0.3, 0.4) is 0 Å². The van der Waals surface area contributed by atoms with E-state index in [2.05, 4.69) is 42.8 Å². The maximum Gasteiger partial charge on any atom is 0.266 e. The minimum atomic E-state index is -2.92. The van der Waals surface area contributed by atoms with Crippen molar-refractivity contribution in [3.63, 3.8) is 0 Å². The van der Waals surface area contributed by atoms with Crippen LogP contribution in [0, 0.1) is 12.7 Å². The van der Waals surface area contributed by atoms with Gasteiger partial charge in [0.15, 0.2) is 5.82 Å². The van der Waals surface area contributed by atoms with Gasteiger partial charge in [-0.3, -0.25) is 29.6 Å². The van der Waals surface area contributed by atoms with E-state index in [4.69, 9.17) is 4.98 Å². The number of hydrogen-bond acceptors (Lipinski definition) is 9. The number of fused-ring (bicyclic) bond motifs is 2. The zero-order chi connectivity index (χ0) is 40.4. The highest BCUT2D eigenvalue weighted by Gasteiger charge is 2.39. The summed E-state index contributed by atoms with van der Waals surface area (Å²) in [4.78, 5) is 48.3. The Kier molecular flexibility index (Phi) is 11.5. The lowest BCUT2D eigenvalue weighted by molar-refractivity contribution is -0.136. The molecule has 11 nitrogen and oxygen atoms in total. The molecule has 2 N–H and O–H groups in total. The van der Waals surface area contributed by atoms with E-state index in [1.165, 1.54) is 12.1 Å². The Morgan fingerprint density at radius 3 is 2.42 bits per heavy atom. The number of piperidine rings is 1. The fourth-order valence-electron chi connectivity index (χ4n) is 7.80. The van der Waals surface area contributed by atoms with Crippen molar-refractivity contribution in [1.82, 2.24) is 30.3 Å². The number of pyridine rings is 1. The lowest BCUT2D eigenvalue weighted by atomic mass is 10.0. The maximum absolute atomic E-state index is 15.0. The molecule has 2 unspecified atom stereocenters. The molecule has 2 aromatic heterocycles. The molecule has 0 spiro atoms. The highest BCUT2D eigenvalue weighted by atomic mass is 19.3. The molecule has 57 heavy (non-hydrogen) atoms. The van der Waals surface area contributed by atoms with Gasteiger partial charge in [-0.2, -0.15) is 5.10 Å². The average Bonchev–Trinajstić information content (AvgIpc) is 3.54. The van der Waals surface area contributed by atoms with Gasteiger partial charge in [-0.15, -0.1) is 5.10 Å². The molecule has 0 bridgehead atoms. The molecule has 8 rings (SSSR count). The monoisotopic (exact) mass is 778 g/mol. The fraction of sp³-hybridized carbons (Fsp3) is 0.349. The van der Waals surface area contributed by atoms with Crippen molar-refractivity contribution in [2.24, 2.45) is 0 Å². The summed E-state index contributed by atoms with van der Waals surface area (Å²) in [6, 6.07) is 18.7. The summed E-state index contributed by atoms with van der Waals surface area (Å²) >= 11 is 0. The van der Waals surface area contributed by atoms with Crippen molar-refractivity contribution in [2.75, 3.05) is 36.4 Å². The number of hydrogen-bond donors (Lipinski definition) is 2. The maximum atomic E-state index is 15.0. The summed E-state index contributed by atoms with van der Waals surface area (Å²) in [5.74, 6) is -1.44. The molecule has 296 valence electrons. The Bertz CT molecular complexity index is 2330. The molecule has 3 amide bonds. The van der Waals surface area contributed by atoms with Crippen molar-refractivity contribution >= 4 is 40.0 Å². The van der Waals surface area contributed by atoms with Crippen LogP contribution in [0.4, 0.5) is 24.7 Å². The van der Waals surface area contributed by atoms with Crippen molar-refractivity contribution in [1.29, 1.82) is 0 Å². The highest BCUT2D eigenvalue weighted by Crippen LogP contribution is 2.34. The standard InChI is InChI=1S/C41H39F3N8O3.C2H6/c1-23(29-7-4-8-31(37(29)42)38(43)44)46-39-32-19-34(45-20-33(32)24(2)48-49-39)26-6-3-5-25(17-26)21-50-13-15-51(16-14-50)28-9-10-30-27(18-28)22-52(41(30)55)35-11-12-36(53)47-40(35)54;1-2/h3-10,17-20,23,35,38H,11-16,21-22H2,1-2H3,(H,46,49)(H,47,53,54);1-2H3. The lowest BCUT2D eigenvalue weighted by Gasteiger charge is -2.36. The minimum absolute atomic E-state index is 0.110. The smallest absolute Gasteiger partial charge is 0.266 e. The first-order chi connectivity index (χ1) is 27.5. The van der Waals surface area contributed by atoms with E-state index in [1.807, 2.05) is 57.2 Å². The number of aryl methyl sites for hydroxylation is 1. The number of piperazine rings is 1. The second-order valence-corrected chi connectivity index (χ2v) is 14.4. The van der Waals surface area contributed by atoms with Gasteiger partial charge >= 0.3 is 0 Å². The number of carbonyl (C=O) groups excluding carboxylic acids is 3. The number of alkyl halides is 2. The van der Waals surface area contributed by atoms with Crippen molar-refractivity contribution in [3.8, 4) is 11.3 Å². The van der Waals surface area contributed by atoms with E-state index in [0.29, 0.717) is 30.0 Å². The fourth-order valence-corrected chi connectivity index (χ4v) is 7.80. The van der Waals surface area contributed by atoms with Gasteiger partial charge < -0.3 is 15.1 Å². The number of anilines is 2. The number of nitrogens with one attached hydrogen (secondary N) is 2. The van der Waals surface area contributed by atoms with E-state index in [-0.39, 0.29) is 23.8 Å². The number of benzene rings is 3. The summed E-state index contributed by atoms with van der Waals surface area (Å²) in [5, 5.41) is 15.7. The molecule has 14 heteroatoms. The van der Waals surface area contributed by atoms with Gasteiger partial charge in [-0.1, -0.05) is 50.2 Å². The SMILES string of the molecule is CC.Cc1nnc(NC(C)c2cccc(C(F)F)c2F)c2cc(-c3cccc(CN4CCN(c5ccc6c(c5)CN(C5CCC(=O)NC5=O)C6=O)CC4)c3)ncc12. The predicted molar refractivity (Wildman–Crippen MR) is 212 cm³/mol. The third-order valence-electron chi connectivity index (χ3n) is 10.8. The number of halogens is 3. The molecule has 0 saturated carbocycles. The van der Waals surface area contributed by atoms with Crippen LogP contribution in [0.15, 0.2) is 72.9 Å². The highest BCUT2D eigenvalue weighted by molar-refractivity contribution is 6.05. The van der Waals surface area contributed by atoms with Crippen molar-refractivity contribution in [2.45, 2.75) is 72.1 Å². The van der Waals surface area contributed by atoms with Gasteiger partial charge in [0.2, 0.25) is 11.8 Å². The van der Waals surface area contributed by atoms with E-state index in [9.17, 15) is 27.6 Å². The molecule has 3 aromatic carbocycles. The number of amides is 3. The first-order valence-corrected chi connectivity index (χ1v) is 19.3. The molecule has 2 saturated heterocycles. The largest absolute Gasteiger partial charge is 0.369 e. The van der Waals surface area contributed by atoms with Crippen LogP contribution in [-0.2, 0) is 22.7 Å². The van der Waals surface area contributed by atoms with E-state index in [0.717, 1.165) is 77.6 Å². The minimum Gasteiger partial charge on any atom is -0.369 e. The second-order valence-electron chi connectivity index (χ2n) is 14.4. The molecular formula is C43H45F3N8O3. The first-order valence-electron chi connectivity index (χ1n) is 19.3. The topological polar surface area (TPSA) is 124 Å². The summed E-state index contributed by atoms with van der Waals surface area (Å²) in [7, 11) is 0. The zero-order valence-electron chi connectivity index (χ0n) is 32.4. The number of rotatable bonds is 9. The van der Waals surface area contributed by atoms with E-state index >= 15 is 0 Å². The number of nitrogens with zero attached hydrogens (tertiary/aromatic N) is 6. The van der Waals surface area contributed by atoms with Crippen LogP contribution in [0.5, 0.6) is 0 Å². The molecule has 0 radical (unpaired) electrons. The summed E-state index contributed by atoms with van der Waals surface area (Å²) in [5.41, 5.74) is 5.44. The molecular weight excluding hydrogens is 734 g/mol. The third kappa shape index (κ3) is 8.04. The van der Waals surface area contributed by atoms with Crippen molar-refractivity contribution in [3.05, 3.63) is 112 Å². The molecule has 2 fully saturated rings. The summed E-state index contributed by atoms with van der Waals surface area (Å²) in [6.45, 7) is 11.9. The second kappa shape index (κ2) is 16.7. The van der Waals surface area contributed by atoms with Crippen LogP contribution < -0.4 is 15.5 Å². The van der Waals surface area contributed by atoms with Crippen molar-refractivity contribution < 1.29 is 27.6 Å². The van der Waals surface area contributed by atoms with Gasteiger partial charge in [0, 0.05) is 85.0 Å². The Hall–Kier alpha value is -5.89. The zero-order valence-corrected chi connectivity index (χ0v) is 32.4. The Labute approximate surface area is 329 Å². The van der Waals surface area contributed by atoms with Crippen LogP contribution in [0.25, 0.3) is 22.0 Å². The quantitative estimate of drug-likeness (QED) is 0.148. The first kappa shape index (κ1) is 39.3. The number of imide groups is 1. The van der Waals surface area contributed by atoms with E-state index in [1.54, 1.807) is 18.0 Å². The van der Waals surface area contributed by atoms with Crippen LogP contribution >= 0.6 is 0 Å². The lowest BCUT2D eigenvalue weighted by Crippen LogP contribution is -2.52. The Balaban J connectivity index is 0.00000244. The molecule has 5 aromatic rings. The van der Waals surface area contributed by atoms with Gasteiger partial charge in [0.25, 0.3) is 12.3 Å².